The zero-order valence-electron chi connectivity index (χ0n) is 22.5. The second kappa shape index (κ2) is 26.7. The fourth-order valence-electron chi connectivity index (χ4n) is 3.63. The fourth-order valence-corrected chi connectivity index (χ4v) is 3.63. The Morgan fingerprint density at radius 1 is 0.714 bits per heavy atom. The summed E-state index contributed by atoms with van der Waals surface area (Å²) in [6, 6.07) is -0.563. The highest BCUT2D eigenvalue weighted by atomic mass is 16.3. The molecule has 0 heterocycles. The Hall–Kier alpha value is -1.91. The zero-order chi connectivity index (χ0) is 25.8. The van der Waals surface area contributed by atoms with Crippen LogP contribution >= 0.6 is 0 Å². The number of carbonyl (C=O) groups is 1. The Morgan fingerprint density at radius 2 is 1.23 bits per heavy atom. The minimum Gasteiger partial charge on any atom is -0.394 e. The lowest BCUT2D eigenvalue weighted by molar-refractivity contribution is -0.123. The predicted octanol–water partition coefficient (Wildman–Crippen LogP) is 7.50. The molecule has 0 aliphatic heterocycles. The molecule has 0 aliphatic rings. The Bertz CT molecular complexity index is 619. The van der Waals surface area contributed by atoms with Gasteiger partial charge >= 0.3 is 0 Å². The highest BCUT2D eigenvalue weighted by Crippen LogP contribution is 2.11. The zero-order valence-corrected chi connectivity index (χ0v) is 22.5. The summed E-state index contributed by atoms with van der Waals surface area (Å²) in [7, 11) is 0. The van der Waals surface area contributed by atoms with Gasteiger partial charge in [-0.05, 0) is 51.4 Å². The van der Waals surface area contributed by atoms with Crippen molar-refractivity contribution in [2.45, 2.75) is 122 Å². The number of unbranched alkanes of at least 4 members (excludes halogenated alkanes) is 6. The van der Waals surface area contributed by atoms with Gasteiger partial charge in [-0.25, -0.2) is 0 Å². The summed E-state index contributed by atoms with van der Waals surface area (Å²) in [5.74, 6) is -0.0987. The van der Waals surface area contributed by atoms with Crippen molar-refractivity contribution in [3.05, 3.63) is 60.8 Å². The highest BCUT2D eigenvalue weighted by molar-refractivity contribution is 5.76. The smallest absolute Gasteiger partial charge is 0.220 e. The molecule has 0 spiro atoms. The van der Waals surface area contributed by atoms with Crippen molar-refractivity contribution >= 4 is 5.91 Å². The number of aliphatic hydroxyl groups is 2. The minimum absolute atomic E-state index is 0.0987. The molecular formula is C31H53NO3. The number of rotatable bonds is 23. The average molecular weight is 488 g/mol. The predicted molar refractivity (Wildman–Crippen MR) is 151 cm³/mol. The quantitative estimate of drug-likeness (QED) is 0.103. The summed E-state index contributed by atoms with van der Waals surface area (Å²) in [5, 5.41) is 22.6. The van der Waals surface area contributed by atoms with Crippen molar-refractivity contribution in [2.24, 2.45) is 0 Å². The molecule has 35 heavy (non-hydrogen) atoms. The first-order valence-electron chi connectivity index (χ1n) is 14.0. The molecule has 0 bridgehead atoms. The van der Waals surface area contributed by atoms with Gasteiger partial charge in [-0.1, -0.05) is 113 Å². The van der Waals surface area contributed by atoms with Gasteiger partial charge in [0.25, 0.3) is 0 Å². The molecule has 0 aliphatic carbocycles. The van der Waals surface area contributed by atoms with Crippen molar-refractivity contribution in [1.29, 1.82) is 0 Å². The molecular weight excluding hydrogens is 434 g/mol. The van der Waals surface area contributed by atoms with Gasteiger partial charge in [0.2, 0.25) is 5.91 Å². The van der Waals surface area contributed by atoms with Crippen molar-refractivity contribution in [3.8, 4) is 0 Å². The normalized spacial score (nSPS) is 14.3. The van der Waals surface area contributed by atoms with Crippen LogP contribution in [0.1, 0.15) is 110 Å². The Morgan fingerprint density at radius 3 is 1.77 bits per heavy atom. The first-order chi connectivity index (χ1) is 17.2. The Labute approximate surface area is 216 Å². The molecule has 0 aromatic heterocycles. The van der Waals surface area contributed by atoms with Gasteiger partial charge in [-0.3, -0.25) is 4.79 Å². The van der Waals surface area contributed by atoms with Gasteiger partial charge in [0.05, 0.1) is 18.8 Å². The third-order valence-electron chi connectivity index (χ3n) is 5.79. The molecule has 0 aromatic carbocycles. The van der Waals surface area contributed by atoms with Crippen molar-refractivity contribution in [1.82, 2.24) is 5.32 Å². The van der Waals surface area contributed by atoms with E-state index >= 15 is 0 Å². The molecule has 4 heteroatoms. The molecule has 2 unspecified atom stereocenters. The second-order valence-electron chi connectivity index (χ2n) is 9.08. The van der Waals surface area contributed by atoms with E-state index in [1.807, 2.05) is 0 Å². The minimum atomic E-state index is -0.680. The number of hydrogen-bond acceptors (Lipinski definition) is 3. The molecule has 200 valence electrons. The van der Waals surface area contributed by atoms with E-state index in [1.54, 1.807) is 0 Å². The van der Waals surface area contributed by atoms with E-state index in [-0.39, 0.29) is 12.5 Å². The maximum atomic E-state index is 12.1. The van der Waals surface area contributed by atoms with Crippen LogP contribution in [0.2, 0.25) is 0 Å². The van der Waals surface area contributed by atoms with Crippen molar-refractivity contribution < 1.29 is 15.0 Å². The number of aliphatic hydroxyl groups excluding tert-OH is 2. The van der Waals surface area contributed by atoms with Gasteiger partial charge in [0, 0.05) is 6.42 Å². The van der Waals surface area contributed by atoms with Crippen molar-refractivity contribution in [2.75, 3.05) is 6.61 Å². The number of hydrogen-bond donors (Lipinski definition) is 3. The Kier molecular flexibility index (Phi) is 25.2. The van der Waals surface area contributed by atoms with Crippen LogP contribution in [0.4, 0.5) is 0 Å². The largest absolute Gasteiger partial charge is 0.394 e. The fraction of sp³-hybridized carbons (Fsp3) is 0.645. The summed E-state index contributed by atoms with van der Waals surface area (Å²) in [6.45, 7) is 4.12. The molecule has 4 nitrogen and oxygen atoms in total. The standard InChI is InChI=1S/C31H53NO3/c1-3-5-7-9-11-12-13-14-15-16-17-18-19-20-21-23-25-27-31(35)32-29(28-33)30(34)26-24-22-10-8-6-4-2/h5,7,11-12,14-15,17-18,20-21,29-30,33-34H,3-4,6,8-10,13,16,19,22-28H2,1-2H3,(H,32,35)/b7-5-,12-11-,15-14-,18-17-,21-20-. The van der Waals surface area contributed by atoms with Crippen LogP contribution < -0.4 is 5.32 Å². The van der Waals surface area contributed by atoms with Crippen LogP contribution in [0.3, 0.4) is 0 Å². The summed E-state index contributed by atoms with van der Waals surface area (Å²) in [5.41, 5.74) is 0. The Balaban J connectivity index is 3.80. The molecule has 0 aromatic rings. The van der Waals surface area contributed by atoms with E-state index in [9.17, 15) is 15.0 Å². The third kappa shape index (κ3) is 23.6. The molecule has 0 radical (unpaired) electrons. The molecule has 0 saturated heterocycles. The third-order valence-corrected chi connectivity index (χ3v) is 5.79. The molecule has 0 rings (SSSR count). The van der Waals surface area contributed by atoms with Gasteiger partial charge in [-0.2, -0.15) is 0 Å². The lowest BCUT2D eigenvalue weighted by Crippen LogP contribution is -2.45. The van der Waals surface area contributed by atoms with Gasteiger partial charge in [0.15, 0.2) is 0 Å². The monoisotopic (exact) mass is 487 g/mol. The van der Waals surface area contributed by atoms with Crippen molar-refractivity contribution in [3.63, 3.8) is 0 Å². The highest BCUT2D eigenvalue weighted by Gasteiger charge is 2.19. The van der Waals surface area contributed by atoms with Crippen LogP contribution in [0.15, 0.2) is 60.8 Å². The van der Waals surface area contributed by atoms with Crippen LogP contribution in [0.5, 0.6) is 0 Å². The van der Waals surface area contributed by atoms with Gasteiger partial charge < -0.3 is 15.5 Å². The first kappa shape index (κ1) is 33.1. The number of allylic oxidation sites excluding steroid dienone is 10. The average Bonchev–Trinajstić information content (AvgIpc) is 2.86. The number of carbonyl (C=O) groups excluding carboxylic acids is 1. The van der Waals surface area contributed by atoms with Crippen LogP contribution in [-0.2, 0) is 4.79 Å². The molecule has 3 N–H and O–H groups in total. The van der Waals surface area contributed by atoms with Crippen LogP contribution in [0, 0.1) is 0 Å². The van der Waals surface area contributed by atoms with Gasteiger partial charge in [0.1, 0.15) is 0 Å². The van der Waals surface area contributed by atoms with E-state index in [1.165, 1.54) is 25.7 Å². The molecule has 0 saturated carbocycles. The topological polar surface area (TPSA) is 69.6 Å². The molecule has 2 atom stereocenters. The number of nitrogens with one attached hydrogen (secondary N) is 1. The SMILES string of the molecule is CC/C=C\C/C=C\C/C=C\C/C=C\C/C=C\CCCC(=O)NC(CO)C(O)CCCCCCCC. The maximum Gasteiger partial charge on any atom is 0.220 e. The summed E-state index contributed by atoms with van der Waals surface area (Å²) in [4.78, 5) is 12.1. The van der Waals surface area contributed by atoms with Crippen LogP contribution in [-0.4, -0.2) is 34.9 Å². The lowest BCUT2D eigenvalue weighted by Gasteiger charge is -2.22. The van der Waals surface area contributed by atoms with E-state index in [4.69, 9.17) is 0 Å². The first-order valence-corrected chi connectivity index (χ1v) is 14.0. The second-order valence-corrected chi connectivity index (χ2v) is 9.08. The molecule has 1 amide bonds. The summed E-state index contributed by atoms with van der Waals surface area (Å²) in [6.07, 6.45) is 35.6. The summed E-state index contributed by atoms with van der Waals surface area (Å²) < 4.78 is 0. The van der Waals surface area contributed by atoms with E-state index in [0.717, 1.165) is 57.8 Å². The summed E-state index contributed by atoms with van der Waals surface area (Å²) >= 11 is 0. The van der Waals surface area contributed by atoms with E-state index in [2.05, 4.69) is 79.9 Å². The van der Waals surface area contributed by atoms with E-state index < -0.39 is 12.1 Å². The van der Waals surface area contributed by atoms with E-state index in [0.29, 0.717) is 12.8 Å². The number of amides is 1. The molecule has 0 fully saturated rings. The van der Waals surface area contributed by atoms with Crippen LogP contribution in [0.25, 0.3) is 0 Å². The van der Waals surface area contributed by atoms with Gasteiger partial charge in [-0.15, -0.1) is 0 Å². The maximum absolute atomic E-state index is 12.1. The lowest BCUT2D eigenvalue weighted by atomic mass is 10.0.